The first-order valence-electron chi connectivity index (χ1n) is 12.0. The molecule has 2 aromatic rings. The zero-order chi connectivity index (χ0) is 24.9. The number of hydrogen-bond acceptors (Lipinski definition) is 7. The van der Waals surface area contributed by atoms with Crippen molar-refractivity contribution in [2.24, 2.45) is 0 Å². The highest BCUT2D eigenvalue weighted by Crippen LogP contribution is 2.47. The average Bonchev–Trinajstić information content (AvgIpc) is 2.82. The molecule has 0 fully saturated rings. The Kier molecular flexibility index (Phi) is 7.96. The zero-order valence-corrected chi connectivity index (χ0v) is 20.9. The summed E-state index contributed by atoms with van der Waals surface area (Å²) in [5.41, 5.74) is 1.78. The number of hydrogen-bond donors (Lipinski definition) is 1. The lowest BCUT2D eigenvalue weighted by atomic mass is 9.83. The van der Waals surface area contributed by atoms with Crippen molar-refractivity contribution in [3.05, 3.63) is 58.7 Å². The zero-order valence-electron chi connectivity index (χ0n) is 20.0. The summed E-state index contributed by atoms with van der Waals surface area (Å²) in [4.78, 5) is 38.8. The molecular weight excluding hydrogens is 464 g/mol. The van der Waals surface area contributed by atoms with Gasteiger partial charge in [-0.05, 0) is 68.2 Å². The summed E-state index contributed by atoms with van der Waals surface area (Å²) in [6.45, 7) is 1.79. The second-order valence-electron chi connectivity index (χ2n) is 9.05. The van der Waals surface area contributed by atoms with Crippen LogP contribution in [-0.4, -0.2) is 35.2 Å². The van der Waals surface area contributed by atoms with Gasteiger partial charge < -0.3 is 14.6 Å². The number of rotatable bonds is 2. The third-order valence-electron chi connectivity index (χ3n) is 6.50. The lowest BCUT2D eigenvalue weighted by molar-refractivity contribution is -0.135. The summed E-state index contributed by atoms with van der Waals surface area (Å²) in [6.07, 6.45) is 8.80. The molecule has 0 aliphatic carbocycles. The summed E-state index contributed by atoms with van der Waals surface area (Å²) in [5, 5.41) is 11.4. The lowest BCUT2D eigenvalue weighted by Gasteiger charge is -2.27. The molecule has 2 unspecified atom stereocenters. The lowest BCUT2D eigenvalue weighted by Crippen LogP contribution is -2.23. The fourth-order valence-electron chi connectivity index (χ4n) is 4.64. The molecule has 2 atom stereocenters. The normalized spacial score (nSPS) is 22.3. The van der Waals surface area contributed by atoms with Crippen LogP contribution in [0.1, 0.15) is 84.8 Å². The molecule has 2 aromatic carbocycles. The number of phenolic OH excluding ortho intramolecular Hbond substituents is 1. The van der Waals surface area contributed by atoms with Gasteiger partial charge in [0.25, 0.3) is 0 Å². The first-order chi connectivity index (χ1) is 16.9. The predicted molar refractivity (Wildman–Crippen MR) is 135 cm³/mol. The molecule has 0 aromatic heterocycles. The van der Waals surface area contributed by atoms with Gasteiger partial charge in [-0.25, -0.2) is 4.79 Å². The molecule has 7 heteroatoms. The van der Waals surface area contributed by atoms with Crippen molar-refractivity contribution in [3.63, 3.8) is 0 Å². The van der Waals surface area contributed by atoms with E-state index in [-0.39, 0.29) is 29.3 Å². The summed E-state index contributed by atoms with van der Waals surface area (Å²) >= 11 is 1.62. The number of ketones is 1. The Morgan fingerprint density at radius 1 is 1.06 bits per heavy atom. The second-order valence-corrected chi connectivity index (χ2v) is 9.93. The molecule has 184 valence electrons. The van der Waals surface area contributed by atoms with Crippen LogP contribution in [0.3, 0.4) is 0 Å². The van der Waals surface area contributed by atoms with Gasteiger partial charge in [-0.1, -0.05) is 24.3 Å². The van der Waals surface area contributed by atoms with Gasteiger partial charge >= 0.3 is 11.9 Å². The SMILES string of the molecule is CSc1ccc(C2CC(=O)Oc3cc4c(c(O)c32)C(=O)OC(C)CCCC(=O)CCC/C=C/4)cc1. The van der Waals surface area contributed by atoms with Gasteiger partial charge in [0.05, 0.1) is 12.5 Å². The Morgan fingerprint density at radius 2 is 1.80 bits per heavy atom. The minimum atomic E-state index is -0.630. The van der Waals surface area contributed by atoms with E-state index in [1.165, 1.54) is 0 Å². The van der Waals surface area contributed by atoms with Crippen molar-refractivity contribution in [1.29, 1.82) is 0 Å². The van der Waals surface area contributed by atoms with E-state index in [2.05, 4.69) is 0 Å². The molecule has 1 N–H and O–H groups in total. The standard InChI is InChI=1S/C28H30O6S/c1-17-7-6-10-20(29)9-5-3-4-8-19-15-23-26(27(31)25(19)28(32)33-17)22(16-24(30)34-23)18-11-13-21(35-2)14-12-18/h4,8,11-15,17,22,31H,3,5-7,9-10,16H2,1-2H3/b8-4+. The molecule has 0 radical (unpaired) electrons. The maximum absolute atomic E-state index is 13.3. The Morgan fingerprint density at radius 3 is 2.54 bits per heavy atom. The quantitative estimate of drug-likeness (QED) is 0.309. The van der Waals surface area contributed by atoms with Crippen molar-refractivity contribution in [1.82, 2.24) is 0 Å². The first-order valence-corrected chi connectivity index (χ1v) is 13.2. The predicted octanol–water partition coefficient (Wildman–Crippen LogP) is 6.04. The largest absolute Gasteiger partial charge is 0.507 e. The van der Waals surface area contributed by atoms with Crippen LogP contribution in [0, 0.1) is 0 Å². The maximum Gasteiger partial charge on any atom is 0.342 e. The summed E-state index contributed by atoms with van der Waals surface area (Å²) in [6, 6.07) is 9.45. The molecule has 0 spiro atoms. The fourth-order valence-corrected chi connectivity index (χ4v) is 5.05. The third kappa shape index (κ3) is 5.78. The van der Waals surface area contributed by atoms with E-state index in [0.29, 0.717) is 49.7 Å². The number of esters is 2. The average molecular weight is 495 g/mol. The van der Waals surface area contributed by atoms with Crippen molar-refractivity contribution in [2.45, 2.75) is 68.8 Å². The molecule has 35 heavy (non-hydrogen) atoms. The molecule has 6 nitrogen and oxygen atoms in total. The monoisotopic (exact) mass is 494 g/mol. The van der Waals surface area contributed by atoms with E-state index in [1.807, 2.05) is 36.6 Å². The highest BCUT2D eigenvalue weighted by molar-refractivity contribution is 7.98. The number of ether oxygens (including phenoxy) is 2. The number of fused-ring (bicyclic) bond motifs is 2. The number of cyclic esters (lactones) is 1. The van der Waals surface area contributed by atoms with Crippen molar-refractivity contribution >= 4 is 35.6 Å². The molecule has 2 heterocycles. The topological polar surface area (TPSA) is 89.9 Å². The third-order valence-corrected chi connectivity index (χ3v) is 7.24. The molecule has 0 saturated heterocycles. The summed E-state index contributed by atoms with van der Waals surface area (Å²) in [5.74, 6) is -1.22. The van der Waals surface area contributed by atoms with Gasteiger partial charge in [0.2, 0.25) is 0 Å². The number of carbonyl (C=O) groups excluding carboxylic acids is 3. The van der Waals surface area contributed by atoms with E-state index in [0.717, 1.165) is 10.5 Å². The van der Waals surface area contributed by atoms with Crippen LogP contribution in [0.2, 0.25) is 0 Å². The first kappa shape index (κ1) is 25.0. The maximum atomic E-state index is 13.3. The number of allylic oxidation sites excluding steroid dienone is 1. The van der Waals surface area contributed by atoms with Crippen molar-refractivity contribution in [3.8, 4) is 11.5 Å². The molecule has 0 amide bonds. The number of phenols is 1. The number of carbonyl (C=O) groups is 3. The number of aromatic hydroxyl groups is 1. The minimum absolute atomic E-state index is 0.0628. The molecule has 2 aliphatic heterocycles. The smallest absolute Gasteiger partial charge is 0.342 e. The molecule has 0 bridgehead atoms. The second kappa shape index (κ2) is 11.1. The molecule has 2 aliphatic rings. The van der Waals surface area contributed by atoms with Crippen molar-refractivity contribution < 1.29 is 29.0 Å². The van der Waals surface area contributed by atoms with Gasteiger partial charge in [-0.3, -0.25) is 9.59 Å². The van der Waals surface area contributed by atoms with Gasteiger partial charge in [-0.15, -0.1) is 11.8 Å². The Labute approximate surface area is 209 Å². The highest BCUT2D eigenvalue weighted by atomic mass is 32.2. The van der Waals surface area contributed by atoms with Crippen molar-refractivity contribution in [2.75, 3.05) is 6.26 Å². The van der Waals surface area contributed by atoms with Gasteiger partial charge in [0.1, 0.15) is 22.8 Å². The van der Waals surface area contributed by atoms with E-state index in [4.69, 9.17) is 9.47 Å². The Bertz CT molecular complexity index is 1150. The van der Waals surface area contributed by atoms with Crippen LogP contribution in [0.5, 0.6) is 11.5 Å². The van der Waals surface area contributed by atoms with Crippen LogP contribution in [0.15, 0.2) is 41.3 Å². The van der Waals surface area contributed by atoms with Gasteiger partial charge in [0.15, 0.2) is 0 Å². The van der Waals surface area contributed by atoms with Crippen LogP contribution in [0.25, 0.3) is 6.08 Å². The van der Waals surface area contributed by atoms with E-state index in [1.54, 1.807) is 30.8 Å². The minimum Gasteiger partial charge on any atom is -0.507 e. The van der Waals surface area contributed by atoms with E-state index >= 15 is 0 Å². The van der Waals surface area contributed by atoms with Gasteiger partial charge in [-0.2, -0.15) is 0 Å². The van der Waals surface area contributed by atoms with E-state index < -0.39 is 24.0 Å². The van der Waals surface area contributed by atoms with E-state index in [9.17, 15) is 19.5 Å². The molecule has 0 saturated carbocycles. The number of benzene rings is 2. The van der Waals surface area contributed by atoms with Crippen LogP contribution in [-0.2, 0) is 14.3 Å². The fraction of sp³-hybridized carbons (Fsp3) is 0.393. The van der Waals surface area contributed by atoms with Crippen LogP contribution < -0.4 is 4.74 Å². The number of Topliss-reactive ketones (excluding diaryl/α,β-unsaturated/α-hetero) is 1. The highest BCUT2D eigenvalue weighted by Gasteiger charge is 2.35. The number of thioether (sulfide) groups is 1. The summed E-state index contributed by atoms with van der Waals surface area (Å²) < 4.78 is 11.2. The van der Waals surface area contributed by atoms with Crippen LogP contribution in [0.4, 0.5) is 0 Å². The summed E-state index contributed by atoms with van der Waals surface area (Å²) in [7, 11) is 0. The molecular formula is C28H30O6S. The Balaban J connectivity index is 1.79. The van der Waals surface area contributed by atoms with Gasteiger partial charge in [0, 0.05) is 29.2 Å². The molecule has 4 rings (SSSR count). The van der Waals surface area contributed by atoms with Crippen LogP contribution >= 0.6 is 11.8 Å². The Hall–Kier alpha value is -3.06.